The van der Waals surface area contributed by atoms with Crippen molar-refractivity contribution in [3.05, 3.63) is 89.6 Å². The standard InChI is InChI=1S/C24H17NO3/c1-28-20-11-6-16(7-12-20)5-8-18-3-2-4-21(24(26)27)23(18)19-10-9-17-13-14-25-22(17)15-19/h2-4,6-7,9-15,25H,1H3,(H,26,27). The molecule has 4 heteroatoms. The molecule has 0 atom stereocenters. The van der Waals surface area contributed by atoms with Crippen molar-refractivity contribution in [2.45, 2.75) is 0 Å². The summed E-state index contributed by atoms with van der Waals surface area (Å²) in [6.45, 7) is 0. The maximum atomic E-state index is 11.8. The first-order valence-electron chi connectivity index (χ1n) is 8.75. The molecule has 1 heterocycles. The number of hydrogen-bond donors (Lipinski definition) is 2. The highest BCUT2D eigenvalue weighted by atomic mass is 16.5. The Bertz CT molecular complexity index is 1220. The fourth-order valence-corrected chi connectivity index (χ4v) is 3.16. The Labute approximate surface area is 162 Å². The molecule has 0 aliphatic heterocycles. The molecule has 0 saturated carbocycles. The van der Waals surface area contributed by atoms with Gasteiger partial charge in [0.25, 0.3) is 0 Å². The highest BCUT2D eigenvalue weighted by molar-refractivity contribution is 5.99. The second-order valence-electron chi connectivity index (χ2n) is 6.29. The molecule has 0 radical (unpaired) electrons. The summed E-state index contributed by atoms with van der Waals surface area (Å²) in [5.41, 5.74) is 4.10. The molecular weight excluding hydrogens is 350 g/mol. The van der Waals surface area contributed by atoms with E-state index in [-0.39, 0.29) is 5.56 Å². The SMILES string of the molecule is COc1ccc(C#Cc2cccc(C(=O)O)c2-c2ccc3cc[nH]c3c2)cc1. The number of rotatable bonds is 3. The molecule has 0 bridgehead atoms. The fourth-order valence-electron chi connectivity index (χ4n) is 3.16. The van der Waals surface area contributed by atoms with Crippen LogP contribution < -0.4 is 4.74 Å². The number of methoxy groups -OCH3 is 1. The zero-order chi connectivity index (χ0) is 19.5. The maximum Gasteiger partial charge on any atom is 0.336 e. The summed E-state index contributed by atoms with van der Waals surface area (Å²) in [6.07, 6.45) is 1.86. The highest BCUT2D eigenvalue weighted by Gasteiger charge is 2.15. The van der Waals surface area contributed by atoms with Gasteiger partial charge in [0, 0.05) is 28.4 Å². The maximum absolute atomic E-state index is 11.8. The minimum Gasteiger partial charge on any atom is -0.497 e. The van der Waals surface area contributed by atoms with E-state index < -0.39 is 5.97 Å². The molecule has 0 spiro atoms. The van der Waals surface area contributed by atoms with Gasteiger partial charge in [0.05, 0.1) is 12.7 Å². The van der Waals surface area contributed by atoms with E-state index in [4.69, 9.17) is 4.74 Å². The number of carbonyl (C=O) groups is 1. The molecule has 0 amide bonds. The van der Waals surface area contributed by atoms with Crippen molar-refractivity contribution in [1.29, 1.82) is 0 Å². The molecule has 3 aromatic carbocycles. The molecular formula is C24H17NO3. The second-order valence-corrected chi connectivity index (χ2v) is 6.29. The zero-order valence-electron chi connectivity index (χ0n) is 15.2. The van der Waals surface area contributed by atoms with Gasteiger partial charge in [-0.15, -0.1) is 0 Å². The summed E-state index contributed by atoms with van der Waals surface area (Å²) in [5, 5.41) is 10.8. The molecule has 0 unspecified atom stereocenters. The van der Waals surface area contributed by atoms with Crippen LogP contribution in [0.5, 0.6) is 5.75 Å². The van der Waals surface area contributed by atoms with Crippen LogP contribution in [0, 0.1) is 11.8 Å². The lowest BCUT2D eigenvalue weighted by Crippen LogP contribution is -2.01. The Kier molecular flexibility index (Phi) is 4.57. The first-order valence-corrected chi connectivity index (χ1v) is 8.75. The van der Waals surface area contributed by atoms with Gasteiger partial charge in [-0.2, -0.15) is 0 Å². The molecule has 0 aliphatic carbocycles. The van der Waals surface area contributed by atoms with Gasteiger partial charge < -0.3 is 14.8 Å². The Morgan fingerprint density at radius 2 is 1.82 bits per heavy atom. The van der Waals surface area contributed by atoms with Crippen LogP contribution in [0.15, 0.2) is 72.9 Å². The van der Waals surface area contributed by atoms with Crippen LogP contribution in [0.25, 0.3) is 22.0 Å². The van der Waals surface area contributed by atoms with Gasteiger partial charge >= 0.3 is 5.97 Å². The van der Waals surface area contributed by atoms with Crippen molar-refractivity contribution in [1.82, 2.24) is 4.98 Å². The normalized spacial score (nSPS) is 10.3. The molecule has 4 nitrogen and oxygen atoms in total. The van der Waals surface area contributed by atoms with Gasteiger partial charge in [-0.1, -0.05) is 30.0 Å². The number of aromatic amines is 1. The van der Waals surface area contributed by atoms with Gasteiger partial charge in [-0.3, -0.25) is 0 Å². The summed E-state index contributed by atoms with van der Waals surface area (Å²) < 4.78 is 5.16. The van der Waals surface area contributed by atoms with Crippen molar-refractivity contribution < 1.29 is 14.6 Å². The number of carboxylic acid groups (broad SMARTS) is 1. The van der Waals surface area contributed by atoms with Gasteiger partial charge in [0.2, 0.25) is 0 Å². The number of aromatic nitrogens is 1. The highest BCUT2D eigenvalue weighted by Crippen LogP contribution is 2.30. The first-order chi connectivity index (χ1) is 13.7. The van der Waals surface area contributed by atoms with Crippen molar-refractivity contribution in [2.24, 2.45) is 0 Å². The largest absolute Gasteiger partial charge is 0.497 e. The van der Waals surface area contributed by atoms with Gasteiger partial charge in [-0.05, 0) is 59.5 Å². The first kappa shape index (κ1) is 17.4. The van der Waals surface area contributed by atoms with Crippen LogP contribution in [-0.2, 0) is 0 Å². The lowest BCUT2D eigenvalue weighted by atomic mass is 9.93. The lowest BCUT2D eigenvalue weighted by Gasteiger charge is -2.10. The van der Waals surface area contributed by atoms with Gasteiger partial charge in [-0.25, -0.2) is 4.79 Å². The zero-order valence-corrected chi connectivity index (χ0v) is 15.2. The molecule has 4 aromatic rings. The summed E-state index contributed by atoms with van der Waals surface area (Å²) in [5.74, 6) is 6.04. The average Bonchev–Trinajstić information content (AvgIpc) is 3.20. The van der Waals surface area contributed by atoms with Crippen LogP contribution in [0.2, 0.25) is 0 Å². The van der Waals surface area contributed by atoms with Gasteiger partial charge in [0.1, 0.15) is 5.75 Å². The minimum absolute atomic E-state index is 0.229. The third-order valence-electron chi connectivity index (χ3n) is 4.57. The van der Waals surface area contributed by atoms with Gasteiger partial charge in [0.15, 0.2) is 0 Å². The van der Waals surface area contributed by atoms with Crippen LogP contribution in [-0.4, -0.2) is 23.2 Å². The summed E-state index contributed by atoms with van der Waals surface area (Å²) in [6, 6.07) is 20.4. The topological polar surface area (TPSA) is 62.3 Å². The molecule has 2 N–H and O–H groups in total. The Morgan fingerprint density at radius 1 is 1.00 bits per heavy atom. The Morgan fingerprint density at radius 3 is 2.57 bits per heavy atom. The number of hydrogen-bond acceptors (Lipinski definition) is 2. The van der Waals surface area contributed by atoms with Crippen molar-refractivity contribution in [3.63, 3.8) is 0 Å². The smallest absolute Gasteiger partial charge is 0.336 e. The predicted molar refractivity (Wildman–Crippen MR) is 110 cm³/mol. The Balaban J connectivity index is 1.84. The van der Waals surface area contributed by atoms with E-state index in [2.05, 4.69) is 16.8 Å². The monoisotopic (exact) mass is 367 g/mol. The van der Waals surface area contributed by atoms with Crippen LogP contribution >= 0.6 is 0 Å². The van der Waals surface area contributed by atoms with Crippen molar-refractivity contribution in [3.8, 4) is 28.7 Å². The molecule has 0 fully saturated rings. The predicted octanol–water partition coefficient (Wildman–Crippen LogP) is 4.94. The van der Waals surface area contributed by atoms with E-state index in [1.165, 1.54) is 0 Å². The summed E-state index contributed by atoms with van der Waals surface area (Å²) in [4.78, 5) is 15.0. The molecule has 0 aliphatic rings. The number of benzene rings is 3. The fraction of sp³-hybridized carbons (Fsp3) is 0.0417. The number of ether oxygens (including phenoxy) is 1. The van der Waals surface area contributed by atoms with E-state index in [0.29, 0.717) is 11.1 Å². The van der Waals surface area contributed by atoms with Crippen molar-refractivity contribution >= 4 is 16.9 Å². The Hall–Kier alpha value is -3.97. The number of carboxylic acids is 1. The van der Waals surface area contributed by atoms with E-state index in [9.17, 15) is 9.90 Å². The lowest BCUT2D eigenvalue weighted by molar-refractivity contribution is 0.0697. The average molecular weight is 367 g/mol. The summed E-state index contributed by atoms with van der Waals surface area (Å²) in [7, 11) is 1.62. The van der Waals surface area contributed by atoms with Crippen LogP contribution in [0.4, 0.5) is 0 Å². The van der Waals surface area contributed by atoms with Crippen molar-refractivity contribution in [2.75, 3.05) is 7.11 Å². The number of nitrogens with one attached hydrogen (secondary N) is 1. The second kappa shape index (κ2) is 7.34. The van der Waals surface area contributed by atoms with E-state index in [0.717, 1.165) is 27.8 Å². The quantitative estimate of drug-likeness (QED) is 0.504. The molecule has 1 aromatic heterocycles. The van der Waals surface area contributed by atoms with E-state index >= 15 is 0 Å². The third-order valence-corrected chi connectivity index (χ3v) is 4.57. The number of H-pyrrole nitrogens is 1. The van der Waals surface area contributed by atoms with Crippen LogP contribution in [0.3, 0.4) is 0 Å². The van der Waals surface area contributed by atoms with E-state index in [1.807, 2.05) is 60.8 Å². The number of aromatic carboxylic acids is 1. The minimum atomic E-state index is -0.977. The molecule has 136 valence electrons. The van der Waals surface area contributed by atoms with Crippen LogP contribution in [0.1, 0.15) is 21.5 Å². The third kappa shape index (κ3) is 3.34. The number of fused-ring (bicyclic) bond motifs is 1. The summed E-state index contributed by atoms with van der Waals surface area (Å²) >= 11 is 0. The molecule has 28 heavy (non-hydrogen) atoms. The molecule has 4 rings (SSSR count). The van der Waals surface area contributed by atoms with E-state index in [1.54, 1.807) is 19.2 Å². The molecule has 0 saturated heterocycles.